The van der Waals surface area contributed by atoms with E-state index >= 15 is 0 Å². The molecule has 0 amide bonds. The van der Waals surface area contributed by atoms with E-state index in [-0.39, 0.29) is 0 Å². The van der Waals surface area contributed by atoms with Crippen molar-refractivity contribution in [1.29, 1.82) is 0 Å². The summed E-state index contributed by atoms with van der Waals surface area (Å²) in [5.74, 6) is 0. The second kappa shape index (κ2) is 2.72. The molecule has 0 aromatic rings. The van der Waals surface area contributed by atoms with E-state index in [1.54, 1.807) is 0 Å². The predicted molar refractivity (Wildman–Crippen MR) is 21.8 cm³/mol. The maximum atomic E-state index is 9.24. The van der Waals surface area contributed by atoms with E-state index in [1.165, 1.54) is 0 Å². The summed E-state index contributed by atoms with van der Waals surface area (Å²) < 4.78 is 20.3. The molecule has 1 N–H and O–H groups in total. The fourth-order valence-corrected chi connectivity index (χ4v) is 0. The van der Waals surface area contributed by atoms with Crippen molar-refractivity contribution >= 4 is 20.7 Å². The highest BCUT2D eigenvalue weighted by Gasteiger charge is 1.57. The molecule has 2 atom stereocenters. The van der Waals surface area contributed by atoms with Gasteiger partial charge in [-0.3, -0.25) is 4.21 Å². The fourth-order valence-electron chi connectivity index (χ4n) is 0. The molecule has 0 radical (unpaired) electrons. The van der Waals surface area contributed by atoms with Gasteiger partial charge in [0, 0.05) is 11.3 Å². The second-order valence-corrected chi connectivity index (χ2v) is 1.76. The minimum Gasteiger partial charge on any atom is -0.760 e. The molecule has 2 unspecified atom stereocenters. The van der Waals surface area contributed by atoms with Crippen LogP contribution in [0.3, 0.4) is 0 Å². The summed E-state index contributed by atoms with van der Waals surface area (Å²) in [5.41, 5.74) is 0. The van der Waals surface area contributed by atoms with Crippen molar-refractivity contribution in [3.63, 3.8) is 0 Å². The van der Waals surface area contributed by atoms with E-state index < -0.39 is 11.3 Å². The van der Waals surface area contributed by atoms with Crippen LogP contribution in [0.1, 0.15) is 0 Å². The zero-order chi connectivity index (χ0) is 4.28. The molecule has 0 aliphatic rings. The molecule has 3 nitrogen and oxygen atoms in total. The smallest absolute Gasteiger partial charge is 0.0213 e. The average molecular weight is 112 g/mol. The summed E-state index contributed by atoms with van der Waals surface area (Å²) in [5, 5.41) is 0. The molecule has 0 aliphatic heterocycles. The van der Waals surface area contributed by atoms with Gasteiger partial charge in [0.1, 0.15) is 0 Å². The van der Waals surface area contributed by atoms with Gasteiger partial charge >= 0.3 is 0 Å². The van der Waals surface area contributed by atoms with Crippen molar-refractivity contribution in [3.8, 4) is 0 Å². The first kappa shape index (κ1) is 5.50. The Labute approximate surface area is 34.8 Å². The lowest BCUT2D eigenvalue weighted by atomic mass is 13.9. The van der Waals surface area contributed by atoms with Crippen molar-refractivity contribution in [2.24, 2.45) is 0 Å². The Balaban J connectivity index is 2.85. The molecule has 0 aliphatic carbocycles. The molecule has 0 saturated heterocycles. The first-order valence-corrected chi connectivity index (χ1v) is 2.48. The van der Waals surface area contributed by atoms with Crippen LogP contribution >= 0.6 is 9.39 Å². The van der Waals surface area contributed by atoms with E-state index in [0.717, 1.165) is 0 Å². The van der Waals surface area contributed by atoms with Gasteiger partial charge in [-0.15, -0.1) is 0 Å². The van der Waals surface area contributed by atoms with E-state index in [4.69, 9.17) is 0 Å². The first-order chi connectivity index (χ1) is 2.27. The molecule has 0 aromatic carbocycles. The molecule has 0 aromatic heterocycles. The molecular formula is H3NO2PS-. The van der Waals surface area contributed by atoms with Gasteiger partial charge in [0.15, 0.2) is 0 Å². The lowest BCUT2D eigenvalue weighted by Crippen LogP contribution is -1.99. The van der Waals surface area contributed by atoms with Crippen molar-refractivity contribution < 1.29 is 8.76 Å². The zero-order valence-corrected chi connectivity index (χ0v) is 4.27. The average Bonchev–Trinajstić information content (AvgIpc) is 1.38. The topological polar surface area (TPSA) is 52.2 Å². The number of rotatable bonds is 1. The third kappa shape index (κ3) is 4.50. The molecule has 0 fully saturated rings. The minimum atomic E-state index is -2.11. The highest BCUT2D eigenvalue weighted by molar-refractivity contribution is 7.80. The SMILES string of the molecule is O=S([O-])NP. The van der Waals surface area contributed by atoms with Crippen LogP contribution < -0.4 is 4.49 Å². The van der Waals surface area contributed by atoms with Gasteiger partial charge in [-0.05, 0) is 0 Å². The van der Waals surface area contributed by atoms with Gasteiger partial charge < -0.3 is 4.55 Å². The Morgan fingerprint density at radius 1 is 2.00 bits per heavy atom. The summed E-state index contributed by atoms with van der Waals surface area (Å²) in [7, 11) is 1.83. The highest BCUT2D eigenvalue weighted by Crippen LogP contribution is 1.66. The number of nitrogens with one attached hydrogen (secondary N) is 1. The summed E-state index contributed by atoms with van der Waals surface area (Å²) in [6, 6.07) is 0. The Bertz CT molecular complexity index is 44.9. The second-order valence-electron chi connectivity index (χ2n) is 0.353. The van der Waals surface area contributed by atoms with Crippen molar-refractivity contribution in [3.05, 3.63) is 0 Å². The molecule has 0 spiro atoms. The lowest BCUT2D eigenvalue weighted by Gasteiger charge is -1.95. The third-order valence-corrected chi connectivity index (χ3v) is 0.866. The Morgan fingerprint density at radius 3 is 2.20 bits per heavy atom. The molecule has 32 valence electrons. The van der Waals surface area contributed by atoms with Crippen molar-refractivity contribution in [1.82, 2.24) is 4.49 Å². The molecule has 0 bridgehead atoms. The Morgan fingerprint density at radius 2 is 2.20 bits per heavy atom. The molecule has 5 heteroatoms. The molecule has 0 heterocycles. The summed E-state index contributed by atoms with van der Waals surface area (Å²) >= 11 is -2.11. The van der Waals surface area contributed by atoms with Crippen molar-refractivity contribution in [2.75, 3.05) is 0 Å². The van der Waals surface area contributed by atoms with E-state index in [2.05, 4.69) is 0 Å². The monoisotopic (exact) mass is 112 g/mol. The fraction of sp³-hybridized carbons (Fsp3) is 0. The number of hydrogen-bond donors (Lipinski definition) is 1. The molecule has 0 rings (SSSR count). The van der Waals surface area contributed by atoms with Gasteiger partial charge in [0.05, 0.1) is 0 Å². The quantitative estimate of drug-likeness (QED) is 0.355. The van der Waals surface area contributed by atoms with Crippen LogP contribution in [-0.4, -0.2) is 8.76 Å². The number of hydrogen-bond acceptors (Lipinski definition) is 2. The molecule has 5 heavy (non-hydrogen) atoms. The van der Waals surface area contributed by atoms with Gasteiger partial charge in [-0.1, -0.05) is 9.39 Å². The lowest BCUT2D eigenvalue weighted by molar-refractivity contribution is 0.535. The van der Waals surface area contributed by atoms with Gasteiger partial charge in [-0.25, -0.2) is 4.49 Å². The standard InChI is InChI=1S/H4NO2PS/c2-5(3)1-4/h1H,4H2,(H,2,3)/p-1. The van der Waals surface area contributed by atoms with Crippen LogP contribution in [0.5, 0.6) is 0 Å². The highest BCUT2D eigenvalue weighted by atomic mass is 32.2. The Kier molecular flexibility index (Phi) is 2.99. The zero-order valence-electron chi connectivity index (χ0n) is 2.30. The van der Waals surface area contributed by atoms with E-state index in [0.29, 0.717) is 0 Å². The van der Waals surface area contributed by atoms with Crippen LogP contribution in [-0.2, 0) is 11.3 Å². The first-order valence-electron chi connectivity index (χ1n) is 0.826. The van der Waals surface area contributed by atoms with E-state index in [1.807, 2.05) is 13.9 Å². The Hall–Kier alpha value is 0.500. The largest absolute Gasteiger partial charge is 0.760 e. The van der Waals surface area contributed by atoms with Gasteiger partial charge in [-0.2, -0.15) is 0 Å². The molecule has 0 saturated carbocycles. The molecular weight excluding hydrogens is 109 g/mol. The summed E-state index contributed by atoms with van der Waals surface area (Å²) in [6.45, 7) is 0. The van der Waals surface area contributed by atoms with Crippen LogP contribution in [0.4, 0.5) is 0 Å². The minimum absolute atomic E-state index is 1.83. The summed E-state index contributed by atoms with van der Waals surface area (Å²) in [4.78, 5) is 0. The van der Waals surface area contributed by atoms with E-state index in [9.17, 15) is 8.76 Å². The summed E-state index contributed by atoms with van der Waals surface area (Å²) in [6.07, 6.45) is 0. The van der Waals surface area contributed by atoms with Crippen LogP contribution in [0, 0.1) is 0 Å². The van der Waals surface area contributed by atoms with Crippen molar-refractivity contribution in [2.45, 2.75) is 0 Å². The maximum Gasteiger partial charge on any atom is 0.0213 e. The normalized spacial score (nSPS) is 14.8. The van der Waals surface area contributed by atoms with Gasteiger partial charge in [0.25, 0.3) is 0 Å². The third-order valence-electron chi connectivity index (χ3n) is 0.0962. The van der Waals surface area contributed by atoms with Crippen LogP contribution in [0.15, 0.2) is 0 Å². The van der Waals surface area contributed by atoms with Crippen LogP contribution in [0.25, 0.3) is 0 Å². The predicted octanol–water partition coefficient (Wildman–Crippen LogP) is -0.840. The van der Waals surface area contributed by atoms with Crippen LogP contribution in [0.2, 0.25) is 0 Å². The maximum absolute atomic E-state index is 9.24. The van der Waals surface area contributed by atoms with Gasteiger partial charge in [0.2, 0.25) is 0 Å².